The number of hydrogen-bond acceptors (Lipinski definition) is 3. The lowest BCUT2D eigenvalue weighted by atomic mass is 9.91. The summed E-state index contributed by atoms with van der Waals surface area (Å²) in [6, 6.07) is 5.07. The zero-order valence-electron chi connectivity index (χ0n) is 13.1. The van der Waals surface area contributed by atoms with E-state index >= 15 is 0 Å². The van der Waals surface area contributed by atoms with Crippen molar-refractivity contribution >= 4 is 5.69 Å². The quantitative estimate of drug-likeness (QED) is 0.792. The highest BCUT2D eigenvalue weighted by atomic mass is 19.1. The minimum Gasteiger partial charge on any atom is -0.393 e. The van der Waals surface area contributed by atoms with Gasteiger partial charge in [0.05, 0.1) is 6.10 Å². The molecule has 4 heteroatoms. The van der Waals surface area contributed by atoms with Crippen LogP contribution < -0.4 is 10.2 Å². The Morgan fingerprint density at radius 3 is 2.71 bits per heavy atom. The predicted molar refractivity (Wildman–Crippen MR) is 85.0 cm³/mol. The first-order valence-corrected chi connectivity index (χ1v) is 8.04. The molecule has 1 saturated heterocycles. The van der Waals surface area contributed by atoms with Gasteiger partial charge in [-0.3, -0.25) is 0 Å². The minimum atomic E-state index is -0.231. The van der Waals surface area contributed by atoms with Gasteiger partial charge in [-0.15, -0.1) is 0 Å². The summed E-state index contributed by atoms with van der Waals surface area (Å²) in [4.78, 5) is 2.32. The molecule has 1 aliphatic heterocycles. The highest BCUT2D eigenvalue weighted by molar-refractivity contribution is 5.54. The number of rotatable bonds is 6. The largest absolute Gasteiger partial charge is 0.393 e. The van der Waals surface area contributed by atoms with Gasteiger partial charge < -0.3 is 15.3 Å². The zero-order valence-corrected chi connectivity index (χ0v) is 13.1. The van der Waals surface area contributed by atoms with Gasteiger partial charge in [0.25, 0.3) is 0 Å². The van der Waals surface area contributed by atoms with Crippen LogP contribution in [0.2, 0.25) is 0 Å². The van der Waals surface area contributed by atoms with Gasteiger partial charge in [-0.1, -0.05) is 6.92 Å². The molecule has 1 aromatic rings. The lowest BCUT2D eigenvalue weighted by Crippen LogP contribution is -2.37. The Kier molecular flexibility index (Phi) is 6.00. The van der Waals surface area contributed by atoms with Crippen LogP contribution in [-0.2, 0) is 6.54 Å². The molecule has 0 bridgehead atoms. The van der Waals surface area contributed by atoms with Crippen LogP contribution in [0.4, 0.5) is 10.1 Å². The SMILES string of the molecule is CCCNCc1cc(F)ccc1N1CCC(C(C)O)CC1. The molecular formula is C17H27FN2O. The molecule has 1 fully saturated rings. The molecule has 0 radical (unpaired) electrons. The molecule has 0 aromatic heterocycles. The van der Waals surface area contributed by atoms with Crippen LogP contribution in [0.15, 0.2) is 18.2 Å². The lowest BCUT2D eigenvalue weighted by Gasteiger charge is -2.36. The number of aliphatic hydroxyl groups excluding tert-OH is 1. The molecule has 0 saturated carbocycles. The Bertz CT molecular complexity index is 442. The second-order valence-electron chi connectivity index (χ2n) is 6.01. The number of nitrogens with zero attached hydrogens (tertiary/aromatic N) is 1. The first-order valence-electron chi connectivity index (χ1n) is 8.04. The molecule has 3 nitrogen and oxygen atoms in total. The molecule has 0 spiro atoms. The Morgan fingerprint density at radius 2 is 2.10 bits per heavy atom. The standard InChI is InChI=1S/C17H27FN2O/c1-3-8-19-12-15-11-16(18)4-5-17(15)20-9-6-14(7-10-20)13(2)21/h4-5,11,13-14,19,21H,3,6-10,12H2,1-2H3. The Balaban J connectivity index is 2.05. The molecule has 21 heavy (non-hydrogen) atoms. The van der Waals surface area contributed by atoms with E-state index in [0.717, 1.165) is 50.1 Å². The van der Waals surface area contributed by atoms with E-state index < -0.39 is 0 Å². The van der Waals surface area contributed by atoms with Gasteiger partial charge in [0.1, 0.15) is 5.82 Å². The van der Waals surface area contributed by atoms with Crippen LogP contribution in [-0.4, -0.2) is 30.8 Å². The van der Waals surface area contributed by atoms with Crippen molar-refractivity contribution in [1.82, 2.24) is 5.32 Å². The van der Waals surface area contributed by atoms with E-state index in [1.807, 2.05) is 13.0 Å². The molecule has 0 amide bonds. The third-order valence-electron chi connectivity index (χ3n) is 4.35. The fourth-order valence-corrected chi connectivity index (χ4v) is 3.03. The summed E-state index contributed by atoms with van der Waals surface area (Å²) in [6.45, 7) is 7.51. The number of benzene rings is 1. The molecule has 118 valence electrons. The minimum absolute atomic E-state index is 0.175. The molecular weight excluding hydrogens is 267 g/mol. The van der Waals surface area contributed by atoms with Crippen molar-refractivity contribution in [3.63, 3.8) is 0 Å². The predicted octanol–water partition coefficient (Wildman–Crippen LogP) is 2.92. The van der Waals surface area contributed by atoms with Gasteiger partial charge in [0.15, 0.2) is 0 Å². The Hall–Kier alpha value is -1.13. The van der Waals surface area contributed by atoms with E-state index in [1.165, 1.54) is 0 Å². The number of nitrogens with one attached hydrogen (secondary N) is 1. The van der Waals surface area contributed by atoms with Gasteiger partial charge in [0.2, 0.25) is 0 Å². The van der Waals surface area contributed by atoms with Crippen LogP contribution in [0, 0.1) is 11.7 Å². The van der Waals surface area contributed by atoms with Gasteiger partial charge in [-0.25, -0.2) is 4.39 Å². The van der Waals surface area contributed by atoms with Crippen LogP contribution in [0.25, 0.3) is 0 Å². The molecule has 1 heterocycles. The van der Waals surface area contributed by atoms with Crippen molar-refractivity contribution in [2.24, 2.45) is 5.92 Å². The number of anilines is 1. The molecule has 1 atom stereocenters. The van der Waals surface area contributed by atoms with Crippen molar-refractivity contribution in [3.05, 3.63) is 29.6 Å². The van der Waals surface area contributed by atoms with Crippen molar-refractivity contribution in [2.75, 3.05) is 24.5 Å². The van der Waals surface area contributed by atoms with Crippen molar-refractivity contribution in [2.45, 2.75) is 45.8 Å². The van der Waals surface area contributed by atoms with Crippen LogP contribution in [0.5, 0.6) is 0 Å². The average Bonchev–Trinajstić information content (AvgIpc) is 2.48. The average molecular weight is 294 g/mol. The lowest BCUT2D eigenvalue weighted by molar-refractivity contribution is 0.110. The number of aliphatic hydroxyl groups is 1. The molecule has 1 aliphatic rings. The molecule has 1 unspecified atom stereocenters. The topological polar surface area (TPSA) is 35.5 Å². The maximum absolute atomic E-state index is 13.5. The first-order chi connectivity index (χ1) is 10.1. The van der Waals surface area contributed by atoms with E-state index in [9.17, 15) is 9.50 Å². The van der Waals surface area contributed by atoms with Crippen LogP contribution in [0.3, 0.4) is 0 Å². The number of hydrogen-bond donors (Lipinski definition) is 2. The second kappa shape index (κ2) is 7.76. The maximum Gasteiger partial charge on any atom is 0.123 e. The number of piperidine rings is 1. The summed E-state index contributed by atoms with van der Waals surface area (Å²) in [6.07, 6.45) is 2.84. The summed E-state index contributed by atoms with van der Waals surface area (Å²) in [5.74, 6) is 0.217. The van der Waals surface area contributed by atoms with E-state index in [0.29, 0.717) is 12.5 Å². The fraction of sp³-hybridized carbons (Fsp3) is 0.647. The third kappa shape index (κ3) is 4.42. The van der Waals surface area contributed by atoms with E-state index in [1.54, 1.807) is 12.1 Å². The van der Waals surface area contributed by atoms with Gasteiger partial charge in [-0.05, 0) is 62.4 Å². The smallest absolute Gasteiger partial charge is 0.123 e. The fourth-order valence-electron chi connectivity index (χ4n) is 3.03. The van der Waals surface area contributed by atoms with E-state index in [4.69, 9.17) is 0 Å². The third-order valence-corrected chi connectivity index (χ3v) is 4.35. The van der Waals surface area contributed by atoms with E-state index in [2.05, 4.69) is 17.1 Å². The molecule has 2 rings (SSSR count). The summed E-state index contributed by atoms with van der Waals surface area (Å²) in [5.41, 5.74) is 2.16. The summed E-state index contributed by atoms with van der Waals surface area (Å²) >= 11 is 0. The first kappa shape index (κ1) is 16.2. The highest BCUT2D eigenvalue weighted by Gasteiger charge is 2.23. The van der Waals surface area contributed by atoms with Gasteiger partial charge >= 0.3 is 0 Å². The monoisotopic (exact) mass is 294 g/mol. The summed E-state index contributed by atoms with van der Waals surface area (Å²) < 4.78 is 13.5. The maximum atomic E-state index is 13.5. The number of halogens is 1. The molecule has 2 N–H and O–H groups in total. The van der Waals surface area contributed by atoms with Crippen LogP contribution in [0.1, 0.15) is 38.7 Å². The normalized spacial score (nSPS) is 18.0. The zero-order chi connectivity index (χ0) is 15.2. The molecule has 1 aromatic carbocycles. The van der Waals surface area contributed by atoms with E-state index in [-0.39, 0.29) is 11.9 Å². The van der Waals surface area contributed by atoms with Gasteiger partial charge in [0, 0.05) is 25.3 Å². The Labute approximate surface area is 127 Å². The van der Waals surface area contributed by atoms with Crippen LogP contribution >= 0.6 is 0 Å². The van der Waals surface area contributed by atoms with Crippen molar-refractivity contribution in [3.8, 4) is 0 Å². The summed E-state index contributed by atoms with van der Waals surface area (Å²) in [7, 11) is 0. The van der Waals surface area contributed by atoms with Crippen molar-refractivity contribution in [1.29, 1.82) is 0 Å². The molecule has 0 aliphatic carbocycles. The highest BCUT2D eigenvalue weighted by Crippen LogP contribution is 2.28. The summed E-state index contributed by atoms with van der Waals surface area (Å²) in [5, 5.41) is 13.0. The Morgan fingerprint density at radius 1 is 1.38 bits per heavy atom. The second-order valence-corrected chi connectivity index (χ2v) is 6.01. The van der Waals surface area contributed by atoms with Gasteiger partial charge in [-0.2, -0.15) is 0 Å². The van der Waals surface area contributed by atoms with Crippen molar-refractivity contribution < 1.29 is 9.50 Å².